The number of carbonyl (C=O) groups excluding carboxylic acids is 8. The van der Waals surface area contributed by atoms with E-state index in [0.717, 1.165) is 25.0 Å². The van der Waals surface area contributed by atoms with E-state index >= 15 is 0 Å². The van der Waals surface area contributed by atoms with Crippen molar-refractivity contribution in [3.63, 3.8) is 0 Å². The predicted octanol–water partition coefficient (Wildman–Crippen LogP) is 3.82. The number of ketones is 7. The minimum absolute atomic E-state index is 0. The number of aliphatic carboxylic acids is 6. The van der Waals surface area contributed by atoms with Crippen LogP contribution in [-0.2, 0) is 71.9 Å². The highest BCUT2D eigenvalue weighted by Gasteiger charge is 2.18. The molecule has 0 radical (unpaired) electrons. The number of carboxylic acids is 6. The van der Waals surface area contributed by atoms with Gasteiger partial charge in [-0.1, -0.05) is 59.7 Å². The fraction of sp³-hybridized carbons (Fsp3) is 0.574. The number of nitrogens with one attached hydrogen (secondary N) is 2. The molecule has 0 aliphatic heterocycles. The quantitative estimate of drug-likeness (QED) is 0.0103. The van der Waals surface area contributed by atoms with Gasteiger partial charge in [0.15, 0.2) is 34.7 Å². The Bertz CT molecular complexity index is 2320. The maximum Gasteiger partial charge on any atom is 0.320 e. The van der Waals surface area contributed by atoms with E-state index in [0.29, 0.717) is 113 Å². The topological polar surface area (TPSA) is 550 Å². The summed E-state index contributed by atoms with van der Waals surface area (Å²) in [5.41, 5.74) is 32.7. The molecule has 0 heterocycles. The Morgan fingerprint density at radius 1 is 0.407 bits per heavy atom. The first-order valence-corrected chi connectivity index (χ1v) is 29.4. The Morgan fingerprint density at radius 3 is 1.11 bits per heavy atom. The van der Waals surface area contributed by atoms with Crippen LogP contribution in [0.5, 0.6) is 0 Å². The minimum Gasteiger partial charge on any atom is -0.491 e. The molecular weight excluding hydrogens is 1210 g/mol. The van der Waals surface area contributed by atoms with Crippen LogP contribution in [0.15, 0.2) is 72.6 Å². The molecule has 91 heavy (non-hydrogen) atoms. The number of hydrogen-bond donors (Lipinski definition) is 14. The number of amides is 1. The van der Waals surface area contributed by atoms with Crippen molar-refractivity contribution >= 4 is 94.0 Å². The van der Waals surface area contributed by atoms with Crippen LogP contribution in [0.25, 0.3) is 0 Å². The first-order valence-electron chi connectivity index (χ1n) is 28.4. The zero-order chi connectivity index (χ0) is 71.4. The average molecular weight is 1320 g/mol. The van der Waals surface area contributed by atoms with E-state index in [1.807, 2.05) is 0 Å². The number of hydrogen-bond acceptors (Lipinski definition) is 23. The molecule has 20 N–H and O–H groups in total. The van der Waals surface area contributed by atoms with Crippen LogP contribution in [-0.4, -0.2) is 175 Å². The molecule has 0 bridgehead atoms. The number of thioether (sulfide) groups is 1. The lowest BCUT2D eigenvalue weighted by Gasteiger charge is -2.07. The van der Waals surface area contributed by atoms with Gasteiger partial charge in [0.2, 0.25) is 17.5 Å². The van der Waals surface area contributed by atoms with Crippen molar-refractivity contribution in [2.24, 2.45) is 34.4 Å². The molecule has 30 heteroatoms. The molecule has 0 aliphatic rings. The van der Waals surface area contributed by atoms with Gasteiger partial charge >= 0.3 is 35.8 Å². The van der Waals surface area contributed by atoms with Crippen LogP contribution >= 0.6 is 11.8 Å². The maximum atomic E-state index is 11.3. The van der Waals surface area contributed by atoms with Gasteiger partial charge in [0.05, 0.1) is 17.9 Å². The van der Waals surface area contributed by atoms with Gasteiger partial charge in [0, 0.05) is 50.3 Å². The second-order valence-corrected chi connectivity index (χ2v) is 21.3. The number of carboxylic acid groups (broad SMARTS) is 6. The fourth-order valence-corrected chi connectivity index (χ4v) is 6.42. The van der Waals surface area contributed by atoms with E-state index in [1.165, 1.54) is 46.4 Å². The summed E-state index contributed by atoms with van der Waals surface area (Å²) >= 11 is 1.41. The monoisotopic (exact) mass is 1320 g/mol. The number of rotatable bonds is 45. The second kappa shape index (κ2) is 58.5. The summed E-state index contributed by atoms with van der Waals surface area (Å²) in [4.78, 5) is 150. The highest BCUT2D eigenvalue weighted by atomic mass is 32.2. The number of ether oxygens (including phenoxy) is 1. The molecule has 6 atom stereocenters. The number of nitrogens with two attached hydrogens (primary N) is 6. The maximum absolute atomic E-state index is 11.3. The van der Waals surface area contributed by atoms with E-state index in [9.17, 15) is 67.1 Å². The first kappa shape index (κ1) is 96.7. The van der Waals surface area contributed by atoms with Gasteiger partial charge in [-0.25, -0.2) is 0 Å². The molecule has 520 valence electrons. The largest absolute Gasteiger partial charge is 0.491 e. The van der Waals surface area contributed by atoms with Gasteiger partial charge in [-0.3, -0.25) is 67.1 Å². The van der Waals surface area contributed by atoms with E-state index in [-0.39, 0.29) is 78.4 Å². The van der Waals surface area contributed by atoms with Crippen LogP contribution in [0.4, 0.5) is 0 Å². The summed E-state index contributed by atoms with van der Waals surface area (Å²) in [6.07, 6.45) is 8.74. The molecule has 1 amide bonds. The molecule has 0 rings (SSSR count). The summed E-state index contributed by atoms with van der Waals surface area (Å²) in [5, 5.41) is 56.3. The Balaban J connectivity index is -0.000000186. The zero-order valence-corrected chi connectivity index (χ0v) is 53.8. The Labute approximate surface area is 538 Å². The van der Waals surface area contributed by atoms with E-state index in [1.54, 1.807) is 6.92 Å². The fourth-order valence-electron chi connectivity index (χ4n) is 5.63. The summed E-state index contributed by atoms with van der Waals surface area (Å²) in [5.74, 6) is -7.43. The highest BCUT2D eigenvalue weighted by Crippen LogP contribution is 2.17. The smallest absolute Gasteiger partial charge is 0.320 e. The SMILES string of the molecule is C.C=C(C(C)=O)C(=O)CCCCC(N)C(=O)O.C=C(C)C(=O)C(=O)CCCC(N)C(=O)O.C=C(C)C(=O)NCCCC(N)C(=O)O.C=C(NCCCCC(N)C(=O)O)C(C)=O.C=C(OCCCCC(N)C(=O)O)C(C)=O.C=C(SCCCCC(N)C(=O)O)C(C)=O. The minimum atomic E-state index is -1.10. The summed E-state index contributed by atoms with van der Waals surface area (Å²) in [7, 11) is 0. The summed E-state index contributed by atoms with van der Waals surface area (Å²) < 4.78 is 5.01. The molecule has 0 aromatic carbocycles. The second-order valence-electron chi connectivity index (χ2n) is 20.1. The lowest BCUT2D eigenvalue weighted by atomic mass is 10.0. The molecule has 0 aromatic rings. The van der Waals surface area contributed by atoms with Gasteiger partial charge in [0.25, 0.3) is 0 Å². The van der Waals surface area contributed by atoms with Gasteiger partial charge in [-0.15, -0.1) is 11.8 Å². The standard InChI is InChI=1S/C11H17NO4.C10H18N2O3.C10H17NO4.C10H15NO4.C10H17NO3S.C9H16N2O3.CH4/c1-7(8(2)13)10(14)6-4-3-5-9(12)11(15)16;1-7(8(2)13)12-6-4-3-5-9(11)10(14)15;1-7(12)8(2)15-6-4-3-5-9(11)10(13)14;1-6(2)9(13)8(12)5-3-4-7(11)10(14)15;1-7(12)8(2)15-6-4-3-5-9(11)10(13)14;1-6(2)8(12)11-5-3-4-7(10)9(13)14;/h9H,1,3-6,12H2,2H3,(H,15,16);9,12H,1,3-6,11H2,2H3,(H,14,15);9H,2-6,11H2,1H3,(H,13,14);7H,1,3-5,11H2,2H3,(H,14,15);9H,2-6,11H2,1H3,(H,13,14);7H,1,3-5,10H2,2H3,(H,11,12)(H,13,14);1H4. The van der Waals surface area contributed by atoms with Crippen molar-refractivity contribution in [1.82, 2.24) is 10.6 Å². The third kappa shape index (κ3) is 62.1. The predicted molar refractivity (Wildman–Crippen MR) is 347 cm³/mol. The molecule has 29 nitrogen and oxygen atoms in total. The van der Waals surface area contributed by atoms with Crippen molar-refractivity contribution in [1.29, 1.82) is 0 Å². The zero-order valence-electron chi connectivity index (χ0n) is 52.9. The summed E-state index contributed by atoms with van der Waals surface area (Å²) in [6, 6.07) is -5.09. The van der Waals surface area contributed by atoms with Gasteiger partial charge in [-0.05, 0) is 129 Å². The molecule has 0 saturated heterocycles. The van der Waals surface area contributed by atoms with Crippen molar-refractivity contribution < 1.29 is 102 Å². The van der Waals surface area contributed by atoms with Crippen molar-refractivity contribution in [2.45, 2.75) is 201 Å². The van der Waals surface area contributed by atoms with Gasteiger partial charge < -0.3 is 80.4 Å². The van der Waals surface area contributed by atoms with Crippen LogP contribution < -0.4 is 45.0 Å². The van der Waals surface area contributed by atoms with Crippen LogP contribution in [0.3, 0.4) is 0 Å². The van der Waals surface area contributed by atoms with Gasteiger partial charge in [-0.2, -0.15) is 0 Å². The van der Waals surface area contributed by atoms with E-state index in [2.05, 4.69) is 50.1 Å². The highest BCUT2D eigenvalue weighted by molar-refractivity contribution is 8.03. The lowest BCUT2D eigenvalue weighted by Crippen LogP contribution is -2.32. The molecule has 6 unspecified atom stereocenters. The molecular formula is C61H104N8O21S. The summed E-state index contributed by atoms with van der Waals surface area (Å²) in [6.45, 7) is 30.8. The Hall–Kier alpha value is -7.87. The first-order chi connectivity index (χ1) is 41.5. The van der Waals surface area contributed by atoms with Crippen molar-refractivity contribution in [3.8, 4) is 0 Å². The molecule has 0 spiro atoms. The van der Waals surface area contributed by atoms with Crippen LogP contribution in [0.1, 0.15) is 165 Å². The lowest BCUT2D eigenvalue weighted by molar-refractivity contribution is -0.139. The van der Waals surface area contributed by atoms with Gasteiger partial charge in [0.1, 0.15) is 36.3 Å². The number of carbonyl (C=O) groups is 14. The number of allylic oxidation sites excluding steroid dienone is 5. The van der Waals surface area contributed by atoms with Crippen molar-refractivity contribution in [3.05, 3.63) is 72.6 Å². The van der Waals surface area contributed by atoms with Crippen LogP contribution in [0, 0.1) is 0 Å². The Kier molecular flexibility index (Phi) is 62.2. The van der Waals surface area contributed by atoms with E-state index < -0.39 is 83.6 Å². The normalized spacial score (nSPS) is 11.8. The number of Topliss-reactive ketones (excluding diaryl/α,β-unsaturated/α-hetero) is 7. The van der Waals surface area contributed by atoms with E-state index in [4.69, 9.17) is 69.8 Å². The molecule has 0 aromatic heterocycles. The third-order valence-corrected chi connectivity index (χ3v) is 12.7. The molecule has 0 saturated carbocycles. The Morgan fingerprint density at radius 2 is 0.758 bits per heavy atom. The van der Waals surface area contributed by atoms with Crippen molar-refractivity contribution in [2.75, 3.05) is 25.4 Å². The number of unbranched alkanes of at least 4 members (excludes halogenated alkanes) is 4. The molecule has 0 fully saturated rings. The van der Waals surface area contributed by atoms with Crippen LogP contribution in [0.2, 0.25) is 0 Å². The average Bonchev–Trinajstić information content (AvgIpc) is 3.47. The third-order valence-electron chi connectivity index (χ3n) is 11.6. The molecule has 0 aliphatic carbocycles.